The molecular formula is C21H23NO2. The quantitative estimate of drug-likeness (QED) is 0.782. The summed E-state index contributed by atoms with van der Waals surface area (Å²) in [6.07, 6.45) is 7.21. The summed E-state index contributed by atoms with van der Waals surface area (Å²) in [5, 5.41) is 1.12. The van der Waals surface area contributed by atoms with Crippen LogP contribution >= 0.6 is 0 Å². The number of fused-ring (bicyclic) bond motifs is 1. The minimum absolute atomic E-state index is 0.0385. The van der Waals surface area contributed by atoms with Gasteiger partial charge in [0.25, 0.3) is 0 Å². The maximum atomic E-state index is 12.9. The van der Waals surface area contributed by atoms with Gasteiger partial charge >= 0.3 is 5.97 Å². The maximum absolute atomic E-state index is 12.9. The second-order valence-electron chi connectivity index (χ2n) is 8.27. The summed E-state index contributed by atoms with van der Waals surface area (Å²) >= 11 is 0. The fraction of sp³-hybridized carbons (Fsp3) is 0.524. The molecule has 0 unspecified atom stereocenters. The zero-order valence-electron chi connectivity index (χ0n) is 13.9. The Kier molecular flexibility index (Phi) is 3.19. The van der Waals surface area contributed by atoms with E-state index in [1.165, 1.54) is 19.3 Å². The van der Waals surface area contributed by atoms with Crippen molar-refractivity contribution < 1.29 is 9.53 Å². The van der Waals surface area contributed by atoms with E-state index in [0.717, 1.165) is 53.6 Å². The second-order valence-corrected chi connectivity index (χ2v) is 8.27. The lowest BCUT2D eigenvalue weighted by atomic mass is 9.49. The van der Waals surface area contributed by atoms with Gasteiger partial charge in [0.1, 0.15) is 6.61 Å². The lowest BCUT2D eigenvalue weighted by Gasteiger charge is -2.55. The topological polar surface area (TPSA) is 39.2 Å². The Morgan fingerprint density at radius 3 is 2.38 bits per heavy atom. The molecule has 24 heavy (non-hydrogen) atoms. The van der Waals surface area contributed by atoms with Crippen LogP contribution in [0.2, 0.25) is 0 Å². The number of ether oxygens (including phenoxy) is 1. The lowest BCUT2D eigenvalue weighted by Crippen LogP contribution is -2.50. The van der Waals surface area contributed by atoms with Gasteiger partial charge in [-0.05, 0) is 68.4 Å². The molecule has 0 spiro atoms. The maximum Gasteiger partial charge on any atom is 0.312 e. The average Bonchev–Trinajstić information content (AvgIpc) is 2.58. The number of aromatic nitrogens is 1. The third kappa shape index (κ3) is 2.33. The van der Waals surface area contributed by atoms with Crippen LogP contribution in [0.4, 0.5) is 0 Å². The number of carbonyl (C=O) groups is 1. The summed E-state index contributed by atoms with van der Waals surface area (Å²) in [4.78, 5) is 17.5. The number of rotatable bonds is 3. The Balaban J connectivity index is 1.31. The monoisotopic (exact) mass is 321 g/mol. The number of nitrogens with zero attached hydrogens (tertiary/aromatic N) is 1. The molecule has 4 bridgehead atoms. The van der Waals surface area contributed by atoms with E-state index in [9.17, 15) is 4.79 Å². The van der Waals surface area contributed by atoms with E-state index in [1.54, 1.807) is 0 Å². The van der Waals surface area contributed by atoms with E-state index < -0.39 is 0 Å². The van der Waals surface area contributed by atoms with E-state index in [0.29, 0.717) is 6.61 Å². The molecule has 1 heterocycles. The molecule has 1 aromatic heterocycles. The SMILES string of the molecule is O=C(OCc1ccc2ccccc2n1)C12CC3CC(CC(C3)C1)C2. The summed E-state index contributed by atoms with van der Waals surface area (Å²) in [5.41, 5.74) is 1.62. The summed E-state index contributed by atoms with van der Waals surface area (Å²) < 4.78 is 5.76. The van der Waals surface area contributed by atoms with Crippen molar-refractivity contribution in [2.75, 3.05) is 0 Å². The van der Waals surface area contributed by atoms with Gasteiger partial charge in [0.15, 0.2) is 0 Å². The van der Waals surface area contributed by atoms with E-state index in [1.807, 2.05) is 30.3 Å². The van der Waals surface area contributed by atoms with Crippen LogP contribution in [0.1, 0.15) is 44.2 Å². The Labute approximate surface area is 142 Å². The molecule has 6 rings (SSSR count). The van der Waals surface area contributed by atoms with Crippen molar-refractivity contribution in [2.45, 2.75) is 45.1 Å². The normalized spacial score (nSPS) is 33.8. The summed E-state index contributed by atoms with van der Waals surface area (Å²) in [6.45, 7) is 0.297. The molecule has 4 saturated carbocycles. The Hall–Kier alpha value is -1.90. The first-order valence-corrected chi connectivity index (χ1v) is 9.22. The van der Waals surface area contributed by atoms with Crippen LogP contribution in [0.5, 0.6) is 0 Å². The third-order valence-electron chi connectivity index (χ3n) is 6.48. The molecule has 3 nitrogen and oxygen atoms in total. The first kappa shape index (κ1) is 14.4. The van der Waals surface area contributed by atoms with Crippen LogP contribution in [0, 0.1) is 23.2 Å². The van der Waals surface area contributed by atoms with Crippen molar-refractivity contribution in [3.8, 4) is 0 Å². The van der Waals surface area contributed by atoms with E-state index in [2.05, 4.69) is 11.1 Å². The first-order chi connectivity index (χ1) is 11.7. The molecule has 3 heteroatoms. The van der Waals surface area contributed by atoms with Gasteiger partial charge in [-0.15, -0.1) is 0 Å². The molecule has 4 aliphatic carbocycles. The van der Waals surface area contributed by atoms with Crippen LogP contribution in [0.15, 0.2) is 36.4 Å². The number of pyridine rings is 1. The van der Waals surface area contributed by atoms with Gasteiger partial charge in [-0.2, -0.15) is 0 Å². The van der Waals surface area contributed by atoms with Gasteiger partial charge in [0.05, 0.1) is 16.6 Å². The van der Waals surface area contributed by atoms with Crippen LogP contribution < -0.4 is 0 Å². The number of carbonyl (C=O) groups excluding carboxylic acids is 1. The van der Waals surface area contributed by atoms with Gasteiger partial charge in [-0.1, -0.05) is 24.3 Å². The highest BCUT2D eigenvalue weighted by molar-refractivity contribution is 5.79. The van der Waals surface area contributed by atoms with Crippen LogP contribution in [0.3, 0.4) is 0 Å². The molecule has 0 N–H and O–H groups in total. The second kappa shape index (κ2) is 5.30. The van der Waals surface area contributed by atoms with Crippen molar-refractivity contribution in [3.05, 3.63) is 42.1 Å². The Morgan fingerprint density at radius 2 is 1.67 bits per heavy atom. The number of hydrogen-bond donors (Lipinski definition) is 0. The molecule has 0 amide bonds. The van der Waals surface area contributed by atoms with Gasteiger partial charge < -0.3 is 4.74 Å². The van der Waals surface area contributed by atoms with Crippen LogP contribution in [-0.4, -0.2) is 11.0 Å². The predicted octanol–water partition coefficient (Wildman–Crippen LogP) is 4.49. The highest BCUT2D eigenvalue weighted by atomic mass is 16.5. The minimum atomic E-state index is -0.175. The van der Waals surface area contributed by atoms with E-state index in [-0.39, 0.29) is 11.4 Å². The fourth-order valence-corrected chi connectivity index (χ4v) is 5.84. The van der Waals surface area contributed by atoms with Gasteiger partial charge in [-0.3, -0.25) is 4.79 Å². The Morgan fingerprint density at radius 1 is 1.00 bits per heavy atom. The molecule has 4 fully saturated rings. The van der Waals surface area contributed by atoms with Crippen molar-refractivity contribution >= 4 is 16.9 Å². The number of esters is 1. The number of para-hydroxylation sites is 1. The third-order valence-corrected chi connectivity index (χ3v) is 6.48. The van der Waals surface area contributed by atoms with Crippen LogP contribution in [-0.2, 0) is 16.1 Å². The largest absolute Gasteiger partial charge is 0.459 e. The summed E-state index contributed by atoms with van der Waals surface area (Å²) in [6, 6.07) is 12.1. The minimum Gasteiger partial charge on any atom is -0.459 e. The molecule has 4 aliphatic rings. The van der Waals surface area contributed by atoms with Gasteiger partial charge in [-0.25, -0.2) is 4.98 Å². The number of hydrogen-bond acceptors (Lipinski definition) is 3. The zero-order chi connectivity index (χ0) is 16.1. The zero-order valence-corrected chi connectivity index (χ0v) is 13.9. The van der Waals surface area contributed by atoms with Gasteiger partial charge in [0, 0.05) is 5.39 Å². The van der Waals surface area contributed by atoms with Crippen molar-refractivity contribution in [3.63, 3.8) is 0 Å². The van der Waals surface area contributed by atoms with E-state index >= 15 is 0 Å². The molecule has 0 saturated heterocycles. The predicted molar refractivity (Wildman–Crippen MR) is 92.1 cm³/mol. The standard InChI is InChI=1S/C21H23NO2/c23-20(21-10-14-7-15(11-21)9-16(8-14)12-21)24-13-18-6-5-17-3-1-2-4-19(17)22-18/h1-6,14-16H,7-13H2. The smallest absolute Gasteiger partial charge is 0.312 e. The Bertz CT molecular complexity index is 762. The lowest BCUT2D eigenvalue weighted by molar-refractivity contribution is -0.173. The highest BCUT2D eigenvalue weighted by Crippen LogP contribution is 2.60. The van der Waals surface area contributed by atoms with Crippen LogP contribution in [0.25, 0.3) is 10.9 Å². The molecule has 0 aliphatic heterocycles. The van der Waals surface area contributed by atoms with Crippen molar-refractivity contribution in [1.82, 2.24) is 4.98 Å². The number of benzene rings is 1. The molecule has 0 atom stereocenters. The molecular weight excluding hydrogens is 298 g/mol. The molecule has 2 aromatic rings. The molecule has 1 aromatic carbocycles. The fourth-order valence-electron chi connectivity index (χ4n) is 5.84. The van der Waals surface area contributed by atoms with Gasteiger partial charge in [0.2, 0.25) is 0 Å². The summed E-state index contributed by atoms with van der Waals surface area (Å²) in [7, 11) is 0. The van der Waals surface area contributed by atoms with E-state index in [4.69, 9.17) is 4.74 Å². The molecule has 124 valence electrons. The average molecular weight is 321 g/mol. The van der Waals surface area contributed by atoms with Crippen molar-refractivity contribution in [2.24, 2.45) is 23.2 Å². The first-order valence-electron chi connectivity index (χ1n) is 9.22. The summed E-state index contributed by atoms with van der Waals surface area (Å²) in [5.74, 6) is 2.34. The highest BCUT2D eigenvalue weighted by Gasteiger charge is 2.55. The molecule has 0 radical (unpaired) electrons. The van der Waals surface area contributed by atoms with Crippen molar-refractivity contribution in [1.29, 1.82) is 0 Å².